The van der Waals surface area contributed by atoms with Crippen LogP contribution in [0.15, 0.2) is 0 Å². The van der Waals surface area contributed by atoms with Crippen molar-refractivity contribution in [2.45, 2.75) is 83.6 Å². The smallest absolute Gasteiger partial charge is 0.223 e. The number of hydrogen-bond donors (Lipinski definition) is 2. The van der Waals surface area contributed by atoms with E-state index in [0.29, 0.717) is 6.04 Å². The first-order valence-electron chi connectivity index (χ1n) is 9.28. The number of unbranched alkanes of at least 4 members (excludes halogenated alkanes) is 2. The molecule has 0 aromatic rings. The highest BCUT2D eigenvalue weighted by atomic mass is 16.2. The van der Waals surface area contributed by atoms with Crippen LogP contribution in [0.3, 0.4) is 0 Å². The largest absolute Gasteiger partial charge is 0.356 e. The average Bonchev–Trinajstić information content (AvgIpc) is 3.04. The number of carbonyl (C=O) groups is 2. The molecule has 4 nitrogen and oxygen atoms in total. The van der Waals surface area contributed by atoms with E-state index in [1.807, 2.05) is 0 Å². The fraction of sp³-hybridized carbons (Fsp3) is 0.889. The van der Waals surface area contributed by atoms with E-state index in [4.69, 9.17) is 0 Å². The second-order valence-electron chi connectivity index (χ2n) is 7.04. The SMILES string of the molecule is CCCCCNC(=O)C1CCC(C(=O)NC2CCCC2)CC1. The second kappa shape index (κ2) is 9.16. The van der Waals surface area contributed by atoms with Gasteiger partial charge in [0.25, 0.3) is 0 Å². The molecule has 0 aliphatic heterocycles. The molecule has 2 aliphatic carbocycles. The van der Waals surface area contributed by atoms with Crippen LogP contribution in [0.4, 0.5) is 0 Å². The van der Waals surface area contributed by atoms with Crippen LogP contribution in [-0.4, -0.2) is 24.4 Å². The Balaban J connectivity index is 1.64. The molecule has 2 N–H and O–H groups in total. The number of hydrogen-bond acceptors (Lipinski definition) is 2. The molecular formula is C18H32N2O2. The van der Waals surface area contributed by atoms with E-state index in [1.165, 1.54) is 25.7 Å². The van der Waals surface area contributed by atoms with Crippen LogP contribution in [-0.2, 0) is 9.59 Å². The molecule has 0 saturated heterocycles. The maximum Gasteiger partial charge on any atom is 0.223 e. The van der Waals surface area contributed by atoms with Crippen LogP contribution >= 0.6 is 0 Å². The van der Waals surface area contributed by atoms with Crippen molar-refractivity contribution in [2.24, 2.45) is 11.8 Å². The number of rotatable bonds is 7. The molecule has 2 rings (SSSR count). The summed E-state index contributed by atoms with van der Waals surface area (Å²) in [6.45, 7) is 2.97. The lowest BCUT2D eigenvalue weighted by Gasteiger charge is -2.28. The summed E-state index contributed by atoms with van der Waals surface area (Å²) in [7, 11) is 0. The highest BCUT2D eigenvalue weighted by Gasteiger charge is 2.30. The summed E-state index contributed by atoms with van der Waals surface area (Å²) in [5.74, 6) is 0.682. The molecule has 2 saturated carbocycles. The molecule has 0 aromatic heterocycles. The predicted octanol–water partition coefficient (Wildman–Crippen LogP) is 3.16. The standard InChI is InChI=1S/C18H32N2O2/c1-2-3-6-13-19-17(21)14-9-11-15(12-10-14)18(22)20-16-7-4-5-8-16/h14-16H,2-13H2,1H3,(H,19,21)(H,20,22). The van der Waals surface area contributed by atoms with Crippen molar-refractivity contribution in [3.8, 4) is 0 Å². The molecule has 2 amide bonds. The van der Waals surface area contributed by atoms with E-state index < -0.39 is 0 Å². The van der Waals surface area contributed by atoms with Gasteiger partial charge in [-0.15, -0.1) is 0 Å². The highest BCUT2D eigenvalue weighted by Crippen LogP contribution is 2.29. The summed E-state index contributed by atoms with van der Waals surface area (Å²) in [5.41, 5.74) is 0. The minimum atomic E-state index is 0.122. The molecule has 0 heterocycles. The van der Waals surface area contributed by atoms with Crippen molar-refractivity contribution < 1.29 is 9.59 Å². The molecule has 2 fully saturated rings. The van der Waals surface area contributed by atoms with Gasteiger partial charge in [-0.25, -0.2) is 0 Å². The Labute approximate surface area is 134 Å². The third-order valence-electron chi connectivity index (χ3n) is 5.25. The summed E-state index contributed by atoms with van der Waals surface area (Å²) in [6, 6.07) is 0.409. The van der Waals surface area contributed by atoms with Crippen LogP contribution < -0.4 is 10.6 Å². The molecule has 126 valence electrons. The Bertz CT molecular complexity index is 356. The molecule has 0 bridgehead atoms. The molecule has 0 atom stereocenters. The monoisotopic (exact) mass is 308 g/mol. The molecule has 22 heavy (non-hydrogen) atoms. The van der Waals surface area contributed by atoms with Crippen molar-refractivity contribution >= 4 is 11.8 Å². The van der Waals surface area contributed by atoms with E-state index in [9.17, 15) is 9.59 Å². The van der Waals surface area contributed by atoms with Crippen LogP contribution in [0.1, 0.15) is 77.6 Å². The van der Waals surface area contributed by atoms with Gasteiger partial charge in [-0.3, -0.25) is 9.59 Å². The van der Waals surface area contributed by atoms with Crippen molar-refractivity contribution in [2.75, 3.05) is 6.54 Å². The van der Waals surface area contributed by atoms with Crippen molar-refractivity contribution in [3.05, 3.63) is 0 Å². The maximum absolute atomic E-state index is 12.3. The average molecular weight is 308 g/mol. The zero-order chi connectivity index (χ0) is 15.8. The Morgan fingerprint density at radius 2 is 1.45 bits per heavy atom. The maximum atomic E-state index is 12.3. The zero-order valence-electron chi connectivity index (χ0n) is 14.0. The van der Waals surface area contributed by atoms with Crippen LogP contribution in [0, 0.1) is 11.8 Å². The lowest BCUT2D eigenvalue weighted by Crippen LogP contribution is -2.40. The van der Waals surface area contributed by atoms with Crippen LogP contribution in [0.25, 0.3) is 0 Å². The number of nitrogens with one attached hydrogen (secondary N) is 2. The third-order valence-corrected chi connectivity index (χ3v) is 5.25. The topological polar surface area (TPSA) is 58.2 Å². The van der Waals surface area contributed by atoms with Crippen molar-refractivity contribution in [3.63, 3.8) is 0 Å². The van der Waals surface area contributed by atoms with Gasteiger partial charge in [0.2, 0.25) is 11.8 Å². The van der Waals surface area contributed by atoms with Crippen LogP contribution in [0.2, 0.25) is 0 Å². The number of carbonyl (C=O) groups excluding carboxylic acids is 2. The zero-order valence-corrected chi connectivity index (χ0v) is 14.0. The van der Waals surface area contributed by atoms with E-state index in [2.05, 4.69) is 17.6 Å². The van der Waals surface area contributed by atoms with Gasteiger partial charge < -0.3 is 10.6 Å². The van der Waals surface area contributed by atoms with E-state index in [1.54, 1.807) is 0 Å². The molecule has 0 spiro atoms. The van der Waals surface area contributed by atoms with Gasteiger partial charge in [-0.05, 0) is 44.9 Å². The lowest BCUT2D eigenvalue weighted by atomic mass is 9.81. The fourth-order valence-corrected chi connectivity index (χ4v) is 3.74. The lowest BCUT2D eigenvalue weighted by molar-refractivity contribution is -0.130. The van der Waals surface area contributed by atoms with Crippen LogP contribution in [0.5, 0.6) is 0 Å². The molecule has 0 radical (unpaired) electrons. The summed E-state index contributed by atoms with van der Waals surface area (Å²) in [4.78, 5) is 24.4. The normalized spacial score (nSPS) is 25.9. The minimum absolute atomic E-state index is 0.122. The molecule has 0 aromatic carbocycles. The van der Waals surface area contributed by atoms with Gasteiger partial charge in [0.05, 0.1) is 0 Å². The Kier molecular flexibility index (Phi) is 7.20. The Morgan fingerprint density at radius 3 is 2.05 bits per heavy atom. The van der Waals surface area contributed by atoms with E-state index in [0.717, 1.165) is 51.5 Å². The molecule has 2 aliphatic rings. The molecular weight excluding hydrogens is 276 g/mol. The van der Waals surface area contributed by atoms with E-state index >= 15 is 0 Å². The predicted molar refractivity (Wildman–Crippen MR) is 88.4 cm³/mol. The third kappa shape index (κ3) is 5.29. The summed E-state index contributed by atoms with van der Waals surface area (Å²) >= 11 is 0. The molecule has 0 unspecified atom stereocenters. The first-order valence-corrected chi connectivity index (χ1v) is 9.28. The van der Waals surface area contributed by atoms with E-state index in [-0.39, 0.29) is 23.7 Å². The van der Waals surface area contributed by atoms with Gasteiger partial charge in [0.15, 0.2) is 0 Å². The van der Waals surface area contributed by atoms with Crippen molar-refractivity contribution in [1.82, 2.24) is 10.6 Å². The fourth-order valence-electron chi connectivity index (χ4n) is 3.74. The van der Waals surface area contributed by atoms with Gasteiger partial charge in [0, 0.05) is 24.4 Å². The van der Waals surface area contributed by atoms with Gasteiger partial charge in [-0.2, -0.15) is 0 Å². The van der Waals surface area contributed by atoms with Crippen molar-refractivity contribution in [1.29, 1.82) is 0 Å². The number of amides is 2. The summed E-state index contributed by atoms with van der Waals surface area (Å²) in [6.07, 6.45) is 11.7. The summed E-state index contributed by atoms with van der Waals surface area (Å²) in [5, 5.41) is 6.25. The molecule has 4 heteroatoms. The Morgan fingerprint density at radius 1 is 0.864 bits per heavy atom. The first kappa shape index (κ1) is 17.3. The summed E-state index contributed by atoms with van der Waals surface area (Å²) < 4.78 is 0. The second-order valence-corrected chi connectivity index (χ2v) is 7.04. The highest BCUT2D eigenvalue weighted by molar-refractivity contribution is 5.81. The minimum Gasteiger partial charge on any atom is -0.356 e. The van der Waals surface area contributed by atoms with Gasteiger partial charge >= 0.3 is 0 Å². The quantitative estimate of drug-likeness (QED) is 0.710. The first-order chi connectivity index (χ1) is 10.7. The Hall–Kier alpha value is -1.06. The van der Waals surface area contributed by atoms with Gasteiger partial charge in [0.1, 0.15) is 0 Å². The van der Waals surface area contributed by atoms with Gasteiger partial charge in [-0.1, -0.05) is 32.6 Å².